The van der Waals surface area contributed by atoms with Crippen LogP contribution in [0.4, 0.5) is 5.13 Å². The molecule has 0 aliphatic carbocycles. The number of hydrogen-bond donors (Lipinski definition) is 1. The Morgan fingerprint density at radius 1 is 1.19 bits per heavy atom. The third kappa shape index (κ3) is 5.95. The molecule has 1 heterocycles. The molecule has 0 aliphatic heterocycles. The summed E-state index contributed by atoms with van der Waals surface area (Å²) in [6, 6.07) is 3.67. The van der Waals surface area contributed by atoms with E-state index in [-0.39, 0.29) is 12.3 Å². The Bertz CT molecular complexity index is 749. The van der Waals surface area contributed by atoms with Crippen molar-refractivity contribution >= 4 is 38.3 Å². The van der Waals surface area contributed by atoms with Gasteiger partial charge in [0.15, 0.2) is 11.5 Å². The van der Waals surface area contributed by atoms with E-state index in [1.165, 1.54) is 11.3 Å². The molecule has 2 rings (SSSR count). The number of benzene rings is 1. The van der Waals surface area contributed by atoms with Gasteiger partial charge in [-0.1, -0.05) is 41.1 Å². The van der Waals surface area contributed by atoms with Crippen LogP contribution in [0.3, 0.4) is 0 Å². The first-order chi connectivity index (χ1) is 12.4. The minimum absolute atomic E-state index is 0.149. The Morgan fingerprint density at radius 2 is 1.85 bits per heavy atom. The van der Waals surface area contributed by atoms with E-state index in [0.717, 1.165) is 21.5 Å². The molecular formula is C18H24BrN3O3S. The van der Waals surface area contributed by atoms with E-state index in [4.69, 9.17) is 9.47 Å². The number of hydrogen-bond acceptors (Lipinski definition) is 6. The molecule has 0 saturated carbocycles. The fraction of sp³-hybridized carbons (Fsp3) is 0.500. The summed E-state index contributed by atoms with van der Waals surface area (Å²) >= 11 is 4.92. The van der Waals surface area contributed by atoms with Crippen molar-refractivity contribution in [2.75, 3.05) is 18.5 Å². The lowest BCUT2D eigenvalue weighted by Crippen LogP contribution is -2.15. The van der Waals surface area contributed by atoms with Crippen LogP contribution in [0.2, 0.25) is 0 Å². The number of aromatic nitrogens is 2. The summed E-state index contributed by atoms with van der Waals surface area (Å²) in [5.41, 5.74) is 0.821. The highest BCUT2D eigenvalue weighted by Gasteiger charge is 2.15. The van der Waals surface area contributed by atoms with Gasteiger partial charge < -0.3 is 14.8 Å². The van der Waals surface area contributed by atoms with E-state index in [2.05, 4.69) is 45.3 Å². The molecule has 1 N–H and O–H groups in total. The monoisotopic (exact) mass is 441 g/mol. The average Bonchev–Trinajstić information content (AvgIpc) is 2.98. The predicted octanol–water partition coefficient (Wildman–Crippen LogP) is 4.48. The van der Waals surface area contributed by atoms with Gasteiger partial charge in [0.1, 0.15) is 5.01 Å². The van der Waals surface area contributed by atoms with Crippen LogP contribution in [0.1, 0.15) is 38.3 Å². The first kappa shape index (κ1) is 20.6. The molecule has 0 atom stereocenters. The highest BCUT2D eigenvalue weighted by atomic mass is 79.9. The third-order valence-corrected chi connectivity index (χ3v) is 4.96. The third-order valence-electron chi connectivity index (χ3n) is 3.36. The van der Waals surface area contributed by atoms with Gasteiger partial charge in [0, 0.05) is 10.9 Å². The van der Waals surface area contributed by atoms with Crippen LogP contribution in [0, 0.1) is 5.92 Å². The van der Waals surface area contributed by atoms with Crippen LogP contribution < -0.4 is 14.8 Å². The molecule has 142 valence electrons. The molecule has 0 unspecified atom stereocenters. The molecule has 2 aromatic rings. The zero-order valence-corrected chi connectivity index (χ0v) is 17.9. The van der Waals surface area contributed by atoms with E-state index in [9.17, 15) is 4.79 Å². The van der Waals surface area contributed by atoms with Crippen molar-refractivity contribution in [2.24, 2.45) is 5.92 Å². The van der Waals surface area contributed by atoms with E-state index in [1.807, 2.05) is 26.0 Å². The van der Waals surface area contributed by atoms with E-state index in [0.29, 0.717) is 35.8 Å². The summed E-state index contributed by atoms with van der Waals surface area (Å²) in [7, 11) is 0. The number of carbonyl (C=O) groups is 1. The van der Waals surface area contributed by atoms with Crippen molar-refractivity contribution in [3.8, 4) is 11.5 Å². The molecule has 26 heavy (non-hydrogen) atoms. The Hall–Kier alpha value is -1.67. The van der Waals surface area contributed by atoms with Crippen LogP contribution in [-0.2, 0) is 17.6 Å². The van der Waals surface area contributed by atoms with Crippen LogP contribution in [0.25, 0.3) is 0 Å². The second kappa shape index (κ2) is 9.87. The minimum atomic E-state index is -0.149. The summed E-state index contributed by atoms with van der Waals surface area (Å²) in [4.78, 5) is 12.4. The number of rotatable bonds is 9. The van der Waals surface area contributed by atoms with Crippen molar-refractivity contribution in [3.05, 3.63) is 27.2 Å². The van der Waals surface area contributed by atoms with Gasteiger partial charge >= 0.3 is 0 Å². The molecule has 0 saturated heterocycles. The highest BCUT2D eigenvalue weighted by molar-refractivity contribution is 9.10. The largest absolute Gasteiger partial charge is 0.490 e. The molecule has 1 aromatic carbocycles. The number of halogens is 1. The Kier molecular flexibility index (Phi) is 7.84. The molecule has 1 aromatic heterocycles. The lowest BCUT2D eigenvalue weighted by molar-refractivity contribution is -0.115. The second-order valence-electron chi connectivity index (χ2n) is 6.08. The van der Waals surface area contributed by atoms with Crippen LogP contribution in [-0.4, -0.2) is 29.3 Å². The van der Waals surface area contributed by atoms with Gasteiger partial charge in [0.05, 0.1) is 19.6 Å². The summed E-state index contributed by atoms with van der Waals surface area (Å²) in [6.07, 6.45) is 1.06. The van der Waals surface area contributed by atoms with E-state index >= 15 is 0 Å². The maximum Gasteiger partial charge on any atom is 0.230 e. The number of carbonyl (C=O) groups excluding carboxylic acids is 1. The molecule has 6 nitrogen and oxygen atoms in total. The molecule has 8 heteroatoms. The minimum Gasteiger partial charge on any atom is -0.490 e. The zero-order valence-electron chi connectivity index (χ0n) is 15.5. The van der Waals surface area contributed by atoms with Crippen molar-refractivity contribution in [1.29, 1.82) is 0 Å². The first-order valence-electron chi connectivity index (χ1n) is 8.63. The van der Waals surface area contributed by atoms with Crippen LogP contribution in [0.15, 0.2) is 16.6 Å². The van der Waals surface area contributed by atoms with Crippen molar-refractivity contribution in [3.63, 3.8) is 0 Å². The fourth-order valence-corrected chi connectivity index (χ4v) is 3.75. The Morgan fingerprint density at radius 3 is 2.46 bits per heavy atom. The topological polar surface area (TPSA) is 73.3 Å². The quantitative estimate of drug-likeness (QED) is 0.620. The number of amides is 1. The van der Waals surface area contributed by atoms with Crippen LogP contribution in [0.5, 0.6) is 11.5 Å². The maximum atomic E-state index is 12.4. The number of nitrogens with one attached hydrogen (secondary N) is 1. The molecule has 0 spiro atoms. The molecular weight excluding hydrogens is 418 g/mol. The first-order valence-corrected chi connectivity index (χ1v) is 10.2. The number of anilines is 1. The average molecular weight is 442 g/mol. The lowest BCUT2D eigenvalue weighted by atomic mass is 10.1. The molecule has 0 aliphatic rings. The summed E-state index contributed by atoms with van der Waals surface area (Å²) in [6.45, 7) is 9.14. The van der Waals surface area contributed by atoms with Crippen molar-refractivity contribution in [1.82, 2.24) is 10.2 Å². The van der Waals surface area contributed by atoms with Gasteiger partial charge in [-0.05, 0) is 37.5 Å². The standard InChI is InChI=1S/C18H24BrN3O3S/c1-5-24-14-8-12(13(19)10-15(14)25-6-2)9-16(23)20-18-22-21-17(26-18)7-11(3)4/h8,10-11H,5-7,9H2,1-4H3,(H,20,22,23). The summed E-state index contributed by atoms with van der Waals surface area (Å²) in [5, 5.41) is 12.4. The van der Waals surface area contributed by atoms with Gasteiger partial charge in [0.2, 0.25) is 11.0 Å². The number of ether oxygens (including phenoxy) is 2. The maximum absolute atomic E-state index is 12.4. The normalized spacial score (nSPS) is 10.8. The van der Waals surface area contributed by atoms with Gasteiger partial charge in [-0.3, -0.25) is 4.79 Å². The Labute approximate surface area is 166 Å². The molecule has 0 fully saturated rings. The predicted molar refractivity (Wildman–Crippen MR) is 107 cm³/mol. The summed E-state index contributed by atoms with van der Waals surface area (Å²) < 4.78 is 12.0. The number of nitrogens with zero attached hydrogens (tertiary/aromatic N) is 2. The van der Waals surface area contributed by atoms with Gasteiger partial charge in [-0.15, -0.1) is 10.2 Å². The van der Waals surface area contributed by atoms with Crippen molar-refractivity contribution < 1.29 is 14.3 Å². The molecule has 1 amide bonds. The van der Waals surface area contributed by atoms with Gasteiger partial charge in [0.25, 0.3) is 0 Å². The zero-order chi connectivity index (χ0) is 19.1. The second-order valence-corrected chi connectivity index (χ2v) is 8.00. The van der Waals surface area contributed by atoms with Gasteiger partial charge in [-0.2, -0.15) is 0 Å². The molecule has 0 bridgehead atoms. The summed E-state index contributed by atoms with van der Waals surface area (Å²) in [5.74, 6) is 1.65. The van der Waals surface area contributed by atoms with Gasteiger partial charge in [-0.25, -0.2) is 0 Å². The fourth-order valence-electron chi connectivity index (χ4n) is 2.32. The SMILES string of the molecule is CCOc1cc(Br)c(CC(=O)Nc2nnc(CC(C)C)s2)cc1OCC. The van der Waals surface area contributed by atoms with Crippen molar-refractivity contribution in [2.45, 2.75) is 40.5 Å². The Balaban J connectivity index is 2.08. The van der Waals surface area contributed by atoms with E-state index in [1.54, 1.807) is 0 Å². The lowest BCUT2D eigenvalue weighted by Gasteiger charge is -2.14. The van der Waals surface area contributed by atoms with Crippen LogP contribution >= 0.6 is 27.3 Å². The highest BCUT2D eigenvalue weighted by Crippen LogP contribution is 2.34. The smallest absolute Gasteiger partial charge is 0.230 e. The van der Waals surface area contributed by atoms with E-state index < -0.39 is 0 Å². The molecule has 0 radical (unpaired) electrons.